The van der Waals surface area contributed by atoms with Crippen LogP contribution in [-0.2, 0) is 0 Å². The van der Waals surface area contributed by atoms with Gasteiger partial charge in [-0.3, -0.25) is 0 Å². The van der Waals surface area contributed by atoms with Gasteiger partial charge in [-0.2, -0.15) is 5.26 Å². The van der Waals surface area contributed by atoms with Crippen molar-refractivity contribution < 1.29 is 0 Å². The van der Waals surface area contributed by atoms with Crippen LogP contribution in [0, 0.1) is 11.3 Å². The van der Waals surface area contributed by atoms with Crippen LogP contribution in [0.3, 0.4) is 0 Å². The number of aromatic nitrogens is 1. The lowest BCUT2D eigenvalue weighted by molar-refractivity contribution is 0.587. The Morgan fingerprint density at radius 3 is 2.13 bits per heavy atom. The molecule has 0 radical (unpaired) electrons. The van der Waals surface area contributed by atoms with E-state index in [1.54, 1.807) is 0 Å². The lowest BCUT2D eigenvalue weighted by Crippen LogP contribution is -2.31. The molecule has 1 atom stereocenters. The second kappa shape index (κ2) is 10.1. The highest BCUT2D eigenvalue weighted by atomic mass is 15.2. The molecule has 3 rings (SSSR count). The van der Waals surface area contributed by atoms with Crippen LogP contribution in [0.5, 0.6) is 0 Å². The Balaban J connectivity index is 2.25. The minimum Gasteiger partial charge on any atom is -0.348 e. The van der Waals surface area contributed by atoms with Crippen molar-refractivity contribution in [1.82, 2.24) is 4.98 Å². The zero-order chi connectivity index (χ0) is 21.5. The molecule has 0 saturated carbocycles. The molecule has 3 nitrogen and oxygen atoms in total. The molecule has 0 aliphatic rings. The minimum absolute atomic E-state index is 0.178. The molecule has 0 spiro atoms. The highest BCUT2D eigenvalue weighted by Crippen LogP contribution is 2.37. The van der Waals surface area contributed by atoms with E-state index in [0.29, 0.717) is 5.56 Å². The Morgan fingerprint density at radius 2 is 1.60 bits per heavy atom. The number of hydrogen-bond acceptors (Lipinski definition) is 3. The van der Waals surface area contributed by atoms with Crippen LogP contribution in [0.1, 0.15) is 69.3 Å². The van der Waals surface area contributed by atoms with Gasteiger partial charge in [0.1, 0.15) is 17.5 Å². The van der Waals surface area contributed by atoms with E-state index < -0.39 is 0 Å². The van der Waals surface area contributed by atoms with Crippen LogP contribution in [0.4, 0.5) is 5.82 Å². The Labute approximate surface area is 181 Å². The molecule has 0 N–H and O–H groups in total. The first kappa shape index (κ1) is 21.6. The highest BCUT2D eigenvalue weighted by Gasteiger charge is 2.25. The third-order valence-electron chi connectivity index (χ3n) is 5.49. The first-order chi connectivity index (χ1) is 14.6. The topological polar surface area (TPSA) is 39.9 Å². The van der Waals surface area contributed by atoms with E-state index in [9.17, 15) is 5.26 Å². The fourth-order valence-electron chi connectivity index (χ4n) is 3.97. The van der Waals surface area contributed by atoms with E-state index >= 15 is 0 Å². The molecule has 2 aromatic carbocycles. The normalized spacial score (nSPS) is 11.9. The Morgan fingerprint density at radius 1 is 0.967 bits per heavy atom. The molecule has 30 heavy (non-hydrogen) atoms. The first-order valence-corrected chi connectivity index (χ1v) is 10.9. The van der Waals surface area contributed by atoms with Crippen molar-refractivity contribution in [3.63, 3.8) is 0 Å². The van der Waals surface area contributed by atoms with Crippen molar-refractivity contribution >= 4 is 5.82 Å². The van der Waals surface area contributed by atoms with Gasteiger partial charge in [-0.05, 0) is 36.0 Å². The van der Waals surface area contributed by atoms with Crippen molar-refractivity contribution in [2.75, 3.05) is 11.4 Å². The maximum Gasteiger partial charge on any atom is 0.147 e. The molecular weight excluding hydrogens is 366 g/mol. The Kier molecular flexibility index (Phi) is 7.25. The molecule has 1 unspecified atom stereocenters. The van der Waals surface area contributed by atoms with Gasteiger partial charge in [0.15, 0.2) is 0 Å². The van der Waals surface area contributed by atoms with Crippen LogP contribution in [0.25, 0.3) is 11.1 Å². The monoisotopic (exact) mass is 397 g/mol. The summed E-state index contributed by atoms with van der Waals surface area (Å²) in [5.41, 5.74) is 4.97. The molecule has 0 fully saturated rings. The quantitative estimate of drug-likeness (QED) is 0.406. The average molecular weight is 398 g/mol. The summed E-state index contributed by atoms with van der Waals surface area (Å²) in [4.78, 5) is 7.39. The lowest BCUT2D eigenvalue weighted by atomic mass is 9.96. The van der Waals surface area contributed by atoms with Crippen molar-refractivity contribution in [3.05, 3.63) is 83.6 Å². The van der Waals surface area contributed by atoms with Gasteiger partial charge in [0.25, 0.3) is 0 Å². The zero-order valence-corrected chi connectivity index (χ0v) is 18.5. The molecule has 3 heteroatoms. The molecular formula is C27H31N3. The largest absolute Gasteiger partial charge is 0.348 e. The molecule has 154 valence electrons. The summed E-state index contributed by atoms with van der Waals surface area (Å²) in [6.45, 7) is 9.56. The fourth-order valence-corrected chi connectivity index (χ4v) is 3.97. The maximum absolute atomic E-state index is 10.2. The summed E-state index contributed by atoms with van der Waals surface area (Å²) in [7, 11) is 0. The molecule has 3 aromatic rings. The van der Waals surface area contributed by atoms with E-state index in [2.05, 4.69) is 81.1 Å². The molecule has 0 amide bonds. The molecule has 0 bridgehead atoms. The molecule has 0 saturated heterocycles. The van der Waals surface area contributed by atoms with Crippen molar-refractivity contribution in [2.45, 2.75) is 52.5 Å². The van der Waals surface area contributed by atoms with Crippen molar-refractivity contribution in [1.29, 1.82) is 5.26 Å². The molecule has 1 aromatic heterocycles. The van der Waals surface area contributed by atoms with Gasteiger partial charge in [0, 0.05) is 17.8 Å². The number of hydrogen-bond donors (Lipinski definition) is 0. The smallest absolute Gasteiger partial charge is 0.147 e. The van der Waals surface area contributed by atoms with Gasteiger partial charge >= 0.3 is 0 Å². The van der Waals surface area contributed by atoms with E-state index in [-0.39, 0.29) is 12.0 Å². The summed E-state index contributed by atoms with van der Waals surface area (Å²) < 4.78 is 0. The summed E-state index contributed by atoms with van der Waals surface area (Å²) in [6, 6.07) is 25.5. The Bertz CT molecular complexity index is 988. The van der Waals surface area contributed by atoms with E-state index in [1.165, 1.54) is 5.56 Å². The second-order valence-corrected chi connectivity index (χ2v) is 7.95. The fraction of sp³-hybridized carbons (Fsp3) is 0.333. The van der Waals surface area contributed by atoms with Gasteiger partial charge in [-0.1, -0.05) is 88.4 Å². The van der Waals surface area contributed by atoms with Gasteiger partial charge in [0.2, 0.25) is 0 Å². The summed E-state index contributed by atoms with van der Waals surface area (Å²) in [6.07, 6.45) is 1.94. The van der Waals surface area contributed by atoms with E-state index in [1.807, 2.05) is 24.3 Å². The SMILES string of the molecule is CCCN(c1nc(C(C)C)cc(-c2ccccc2)c1C#N)C(CC)c1ccccc1. The van der Waals surface area contributed by atoms with Gasteiger partial charge in [0.05, 0.1) is 6.04 Å². The van der Waals surface area contributed by atoms with Crippen molar-refractivity contribution in [3.8, 4) is 17.2 Å². The number of nitrogens with zero attached hydrogens (tertiary/aromatic N) is 3. The highest BCUT2D eigenvalue weighted by molar-refractivity contribution is 5.77. The average Bonchev–Trinajstić information content (AvgIpc) is 2.79. The predicted octanol–water partition coefficient (Wildman–Crippen LogP) is 7.11. The van der Waals surface area contributed by atoms with E-state index in [0.717, 1.165) is 42.0 Å². The number of pyridine rings is 1. The number of nitriles is 1. The van der Waals surface area contributed by atoms with Gasteiger partial charge in [-0.25, -0.2) is 4.98 Å². The third-order valence-corrected chi connectivity index (χ3v) is 5.49. The maximum atomic E-state index is 10.2. The number of anilines is 1. The van der Waals surface area contributed by atoms with Gasteiger partial charge in [-0.15, -0.1) is 0 Å². The van der Waals surface area contributed by atoms with Crippen LogP contribution in [0.15, 0.2) is 66.7 Å². The predicted molar refractivity (Wildman–Crippen MR) is 126 cm³/mol. The number of benzene rings is 2. The first-order valence-electron chi connectivity index (χ1n) is 10.9. The van der Waals surface area contributed by atoms with Crippen LogP contribution < -0.4 is 4.90 Å². The second-order valence-electron chi connectivity index (χ2n) is 7.95. The van der Waals surface area contributed by atoms with Crippen LogP contribution in [0.2, 0.25) is 0 Å². The Hall–Kier alpha value is -3.12. The van der Waals surface area contributed by atoms with Crippen molar-refractivity contribution in [2.24, 2.45) is 0 Å². The van der Waals surface area contributed by atoms with Crippen LogP contribution >= 0.6 is 0 Å². The standard InChI is InChI=1S/C27H31N3/c1-5-17-30(26(6-2)22-15-11-8-12-16-22)27-24(19-28)23(18-25(29-27)20(3)4)21-13-9-7-10-14-21/h7-16,18,20,26H,5-6,17H2,1-4H3. The zero-order valence-electron chi connectivity index (χ0n) is 18.5. The lowest BCUT2D eigenvalue weighted by Gasteiger charge is -2.34. The summed E-state index contributed by atoms with van der Waals surface area (Å²) >= 11 is 0. The minimum atomic E-state index is 0.178. The summed E-state index contributed by atoms with van der Waals surface area (Å²) in [5, 5.41) is 10.2. The van der Waals surface area contributed by atoms with Gasteiger partial charge < -0.3 is 4.90 Å². The van der Waals surface area contributed by atoms with E-state index in [4.69, 9.17) is 4.98 Å². The number of rotatable bonds is 8. The molecule has 1 heterocycles. The summed E-state index contributed by atoms with van der Waals surface area (Å²) in [5.74, 6) is 1.08. The van der Waals surface area contributed by atoms with Crippen LogP contribution in [-0.4, -0.2) is 11.5 Å². The third kappa shape index (κ3) is 4.54. The molecule has 0 aliphatic carbocycles. The molecule has 0 aliphatic heterocycles.